The summed E-state index contributed by atoms with van der Waals surface area (Å²) in [5, 5.41) is 8.92. The van der Waals surface area contributed by atoms with Crippen molar-refractivity contribution in [2.75, 3.05) is 0 Å². The Morgan fingerprint density at radius 3 is 2.46 bits per heavy atom. The summed E-state index contributed by atoms with van der Waals surface area (Å²) in [4.78, 5) is 10.9. The van der Waals surface area contributed by atoms with Crippen molar-refractivity contribution in [2.24, 2.45) is 0 Å². The lowest BCUT2D eigenvalue weighted by atomic mass is 10.0. The van der Waals surface area contributed by atoms with Crippen LogP contribution in [-0.4, -0.2) is 25.5 Å². The molecule has 0 aliphatic heterocycles. The number of aliphatic carboxylic acids is 1. The van der Waals surface area contributed by atoms with E-state index >= 15 is 0 Å². The van der Waals surface area contributed by atoms with Gasteiger partial charge in [0.2, 0.25) is 10.0 Å². The van der Waals surface area contributed by atoms with Crippen LogP contribution in [0.5, 0.6) is 0 Å². The highest BCUT2D eigenvalue weighted by Gasteiger charge is 2.22. The number of carbonyl (C=O) groups is 1. The Kier molecular flexibility index (Phi) is 7.14. The summed E-state index contributed by atoms with van der Waals surface area (Å²) in [6.45, 7) is 0. The summed E-state index contributed by atoms with van der Waals surface area (Å²) >= 11 is 5.89. The zero-order chi connectivity index (χ0) is 19.2. The fourth-order valence-corrected chi connectivity index (χ4v) is 4.33. The molecule has 0 aliphatic carbocycles. The number of rotatable bonds is 9. The molecule has 2 rings (SSSR count). The van der Waals surface area contributed by atoms with E-state index in [1.54, 1.807) is 0 Å². The Labute approximate surface area is 156 Å². The predicted octanol–water partition coefficient (Wildman–Crippen LogP) is 3.37. The fraction of sp³-hybridized carbons (Fsp3) is 0.278. The third kappa shape index (κ3) is 6.40. The van der Waals surface area contributed by atoms with Gasteiger partial charge in [-0.3, -0.25) is 4.79 Å². The molecule has 2 aromatic carbocycles. The van der Waals surface area contributed by atoms with E-state index in [4.69, 9.17) is 16.7 Å². The molecule has 0 radical (unpaired) electrons. The van der Waals surface area contributed by atoms with Crippen LogP contribution >= 0.6 is 11.6 Å². The lowest BCUT2D eigenvalue weighted by Crippen LogP contribution is -2.37. The largest absolute Gasteiger partial charge is 0.481 e. The Bertz CT molecular complexity index is 838. The number of hydrogen-bond donors (Lipinski definition) is 2. The molecular weight excluding hydrogens is 381 g/mol. The minimum Gasteiger partial charge on any atom is -0.481 e. The van der Waals surface area contributed by atoms with Crippen LogP contribution in [0.4, 0.5) is 4.39 Å². The number of nitrogens with one attached hydrogen (secondary N) is 1. The van der Waals surface area contributed by atoms with Crippen LogP contribution in [0, 0.1) is 5.82 Å². The molecule has 140 valence electrons. The quantitative estimate of drug-likeness (QED) is 0.677. The molecule has 1 atom stereocenters. The van der Waals surface area contributed by atoms with Crippen LogP contribution in [0.1, 0.15) is 24.0 Å². The number of carboxylic acid groups (broad SMARTS) is 1. The highest BCUT2D eigenvalue weighted by molar-refractivity contribution is 7.88. The van der Waals surface area contributed by atoms with Gasteiger partial charge in [0.25, 0.3) is 0 Å². The summed E-state index contributed by atoms with van der Waals surface area (Å²) < 4.78 is 41.3. The Morgan fingerprint density at radius 1 is 1.15 bits per heavy atom. The van der Waals surface area contributed by atoms with Gasteiger partial charge in [-0.25, -0.2) is 17.5 Å². The van der Waals surface area contributed by atoms with Crippen molar-refractivity contribution in [3.63, 3.8) is 0 Å². The molecule has 0 fully saturated rings. The molecular formula is C18H19ClFNO4S. The van der Waals surface area contributed by atoms with Crippen molar-refractivity contribution in [3.8, 4) is 0 Å². The number of benzene rings is 2. The standard InChI is InChI=1S/C18H19ClFNO4S/c19-16-7-4-8-17(20)15(16)12-26(24,25)21-14(9-10-18(22)23)11-13-5-2-1-3-6-13/h1-8,14,21H,9-12H2,(H,22,23). The van der Waals surface area contributed by atoms with Gasteiger partial charge in [-0.15, -0.1) is 0 Å². The fourth-order valence-electron chi connectivity index (χ4n) is 2.55. The summed E-state index contributed by atoms with van der Waals surface area (Å²) in [6, 6.07) is 12.5. The number of halogens is 2. The van der Waals surface area contributed by atoms with Crippen LogP contribution in [0.2, 0.25) is 5.02 Å². The van der Waals surface area contributed by atoms with Gasteiger partial charge in [-0.1, -0.05) is 48.0 Å². The van der Waals surface area contributed by atoms with Crippen molar-refractivity contribution >= 4 is 27.6 Å². The first kappa shape index (κ1) is 20.4. The lowest BCUT2D eigenvalue weighted by Gasteiger charge is -2.19. The van der Waals surface area contributed by atoms with E-state index in [2.05, 4.69) is 4.72 Å². The highest BCUT2D eigenvalue weighted by atomic mass is 35.5. The molecule has 0 spiro atoms. The summed E-state index contributed by atoms with van der Waals surface area (Å²) in [5.41, 5.74) is 0.757. The van der Waals surface area contributed by atoms with Gasteiger partial charge in [0.05, 0.1) is 5.75 Å². The zero-order valence-electron chi connectivity index (χ0n) is 13.9. The van der Waals surface area contributed by atoms with Crippen molar-refractivity contribution in [1.29, 1.82) is 0 Å². The predicted molar refractivity (Wildman–Crippen MR) is 98.0 cm³/mol. The summed E-state index contributed by atoms with van der Waals surface area (Å²) in [5.74, 6) is -2.33. The average molecular weight is 400 g/mol. The van der Waals surface area contributed by atoms with Crippen LogP contribution in [0.15, 0.2) is 48.5 Å². The smallest absolute Gasteiger partial charge is 0.303 e. The highest BCUT2D eigenvalue weighted by Crippen LogP contribution is 2.21. The Hall–Kier alpha value is -1.96. The minimum atomic E-state index is -3.91. The third-order valence-electron chi connectivity index (χ3n) is 3.77. The second-order valence-electron chi connectivity index (χ2n) is 5.90. The Balaban J connectivity index is 2.15. The minimum absolute atomic E-state index is 0.0283. The molecule has 0 aromatic heterocycles. The van der Waals surface area contributed by atoms with Crippen molar-refractivity contribution in [2.45, 2.75) is 31.1 Å². The van der Waals surface area contributed by atoms with Gasteiger partial charge in [-0.2, -0.15) is 0 Å². The number of carboxylic acids is 1. The first-order chi connectivity index (χ1) is 12.3. The number of sulfonamides is 1. The van der Waals surface area contributed by atoms with Crippen molar-refractivity contribution in [1.82, 2.24) is 4.72 Å². The normalized spacial score (nSPS) is 12.7. The van der Waals surface area contributed by atoms with Crippen LogP contribution < -0.4 is 4.72 Å². The van der Waals surface area contributed by atoms with Crippen molar-refractivity contribution < 1.29 is 22.7 Å². The second kappa shape index (κ2) is 9.12. The van der Waals surface area contributed by atoms with E-state index in [0.717, 1.165) is 11.6 Å². The SMILES string of the molecule is O=C(O)CCC(Cc1ccccc1)NS(=O)(=O)Cc1c(F)cccc1Cl. The van der Waals surface area contributed by atoms with Crippen LogP contribution in [-0.2, 0) is 27.0 Å². The molecule has 0 amide bonds. The van der Waals surface area contributed by atoms with Crippen molar-refractivity contribution in [3.05, 3.63) is 70.5 Å². The summed E-state index contributed by atoms with van der Waals surface area (Å²) in [6.07, 6.45) is 0.271. The maximum atomic E-state index is 13.9. The molecule has 2 aromatic rings. The van der Waals surface area contributed by atoms with Gasteiger partial charge in [0, 0.05) is 23.0 Å². The maximum Gasteiger partial charge on any atom is 0.303 e. The molecule has 1 unspecified atom stereocenters. The molecule has 2 N–H and O–H groups in total. The van der Waals surface area contributed by atoms with Gasteiger partial charge in [0.15, 0.2) is 0 Å². The molecule has 0 bridgehead atoms. The number of hydrogen-bond acceptors (Lipinski definition) is 3. The van der Waals surface area contributed by atoms with Gasteiger partial charge < -0.3 is 5.11 Å². The molecule has 5 nitrogen and oxygen atoms in total. The van der Waals surface area contributed by atoms with E-state index in [9.17, 15) is 17.6 Å². The first-order valence-corrected chi connectivity index (χ1v) is 9.98. The second-order valence-corrected chi connectivity index (χ2v) is 8.06. The monoisotopic (exact) mass is 399 g/mol. The lowest BCUT2D eigenvalue weighted by molar-refractivity contribution is -0.137. The molecule has 0 saturated heterocycles. The van der Waals surface area contributed by atoms with Gasteiger partial charge in [-0.05, 0) is 30.5 Å². The zero-order valence-corrected chi connectivity index (χ0v) is 15.4. The average Bonchev–Trinajstić information content (AvgIpc) is 2.57. The summed E-state index contributed by atoms with van der Waals surface area (Å²) in [7, 11) is -3.91. The van der Waals surface area contributed by atoms with E-state index in [1.165, 1.54) is 12.1 Å². The van der Waals surface area contributed by atoms with Crippen LogP contribution in [0.3, 0.4) is 0 Å². The van der Waals surface area contributed by atoms with E-state index in [1.807, 2.05) is 30.3 Å². The molecule has 0 heterocycles. The molecule has 8 heteroatoms. The van der Waals surface area contributed by atoms with E-state index in [-0.39, 0.29) is 23.4 Å². The van der Waals surface area contributed by atoms with E-state index < -0.39 is 33.6 Å². The maximum absolute atomic E-state index is 13.9. The third-order valence-corrected chi connectivity index (χ3v) is 5.49. The molecule has 0 saturated carbocycles. The Morgan fingerprint density at radius 2 is 1.85 bits per heavy atom. The first-order valence-electron chi connectivity index (χ1n) is 7.95. The van der Waals surface area contributed by atoms with Crippen LogP contribution in [0.25, 0.3) is 0 Å². The molecule has 0 aliphatic rings. The molecule has 26 heavy (non-hydrogen) atoms. The van der Waals surface area contributed by atoms with Gasteiger partial charge in [0.1, 0.15) is 5.82 Å². The topological polar surface area (TPSA) is 83.5 Å². The van der Waals surface area contributed by atoms with E-state index in [0.29, 0.717) is 6.42 Å². The van der Waals surface area contributed by atoms with Gasteiger partial charge >= 0.3 is 5.97 Å².